The number of carbonyl (C=O) groups is 1. The van der Waals surface area contributed by atoms with Crippen molar-refractivity contribution in [2.24, 2.45) is 0 Å². The average Bonchev–Trinajstić information content (AvgIpc) is 2.61. The third-order valence-electron chi connectivity index (χ3n) is 3.61. The van der Waals surface area contributed by atoms with Gasteiger partial charge in [-0.25, -0.2) is 0 Å². The third-order valence-corrected chi connectivity index (χ3v) is 3.61. The molecule has 146 valence electrons. The largest absolute Gasteiger partial charge is 0.481 e. The number of aliphatic carboxylic acids is 1. The Labute approximate surface area is 157 Å². The van der Waals surface area contributed by atoms with Gasteiger partial charge < -0.3 is 15.3 Å². The molecule has 0 saturated carbocycles. The Morgan fingerprint density at radius 2 is 1.15 bits per heavy atom. The summed E-state index contributed by atoms with van der Waals surface area (Å²) in [5.74, 6) is -0.838. The Hall–Kier alpha value is -1.91. The van der Waals surface area contributed by atoms with Crippen LogP contribution in [0.3, 0.4) is 0 Å². The predicted molar refractivity (Wildman–Crippen MR) is 108 cm³/mol. The van der Waals surface area contributed by atoms with Crippen LogP contribution in [0.2, 0.25) is 0 Å². The predicted octanol–water partition coefficient (Wildman–Crippen LogP) is 4.71. The molecule has 0 amide bonds. The number of carboxylic acid groups (broad SMARTS) is 1. The molecule has 4 nitrogen and oxygen atoms in total. The molecule has 0 aliphatic carbocycles. The Kier molecular flexibility index (Phi) is 16.6. The number of aliphatic hydroxyl groups is 2. The third kappa shape index (κ3) is 16.9. The van der Waals surface area contributed by atoms with Crippen LogP contribution in [0.1, 0.15) is 58.3 Å². The van der Waals surface area contributed by atoms with Gasteiger partial charge in [0.1, 0.15) is 0 Å². The van der Waals surface area contributed by atoms with Crippen LogP contribution in [0.4, 0.5) is 0 Å². The molecule has 0 aliphatic rings. The lowest BCUT2D eigenvalue weighted by Gasteiger charge is -2.14. The Bertz CT molecular complexity index is 486. The molecule has 2 atom stereocenters. The van der Waals surface area contributed by atoms with E-state index in [0.717, 1.165) is 25.7 Å². The summed E-state index contributed by atoms with van der Waals surface area (Å²) < 4.78 is 0. The molecule has 0 aliphatic heterocycles. The van der Waals surface area contributed by atoms with E-state index in [1.165, 1.54) is 0 Å². The van der Waals surface area contributed by atoms with Gasteiger partial charge in [0.25, 0.3) is 0 Å². The van der Waals surface area contributed by atoms with Crippen LogP contribution in [0, 0.1) is 0 Å². The summed E-state index contributed by atoms with van der Waals surface area (Å²) in [4.78, 5) is 10.4. The monoisotopic (exact) mass is 362 g/mol. The zero-order chi connectivity index (χ0) is 19.5. The van der Waals surface area contributed by atoms with Crippen molar-refractivity contribution in [2.75, 3.05) is 0 Å². The van der Waals surface area contributed by atoms with Crippen molar-refractivity contribution in [3.05, 3.63) is 60.8 Å². The van der Waals surface area contributed by atoms with Crippen LogP contribution in [0.25, 0.3) is 0 Å². The molecular weight excluding hydrogens is 328 g/mol. The lowest BCUT2D eigenvalue weighted by molar-refractivity contribution is -0.136. The highest BCUT2D eigenvalue weighted by molar-refractivity contribution is 5.66. The van der Waals surface area contributed by atoms with Crippen LogP contribution in [0.15, 0.2) is 60.8 Å². The van der Waals surface area contributed by atoms with E-state index in [-0.39, 0.29) is 6.42 Å². The summed E-state index contributed by atoms with van der Waals surface area (Å²) in [5.41, 5.74) is 0. The maximum atomic E-state index is 10.4. The van der Waals surface area contributed by atoms with Crippen molar-refractivity contribution in [2.45, 2.75) is 70.5 Å². The van der Waals surface area contributed by atoms with Crippen LogP contribution in [-0.4, -0.2) is 33.5 Å². The standard InChI is InChI=1S/C22H34O4/c1-2-3-4-5-6-7-8-9-10-11-12-14-17-20(23)21(24)18-15-13-16-19-22(25)26/h3-4,6-7,9-10,12-15,20-21,23-24H,2,5,8,11,16-19H2,1H3,(H,25,26)/b4-3-,7-6-,10-9-,14-12-,15-13-/t20-,21+/m0/s1. The van der Waals surface area contributed by atoms with Crippen molar-refractivity contribution < 1.29 is 20.1 Å². The number of rotatable bonds is 15. The Morgan fingerprint density at radius 3 is 1.62 bits per heavy atom. The first kappa shape index (κ1) is 24.1. The molecule has 0 saturated heterocycles. The second-order valence-corrected chi connectivity index (χ2v) is 6.01. The van der Waals surface area contributed by atoms with Crippen molar-refractivity contribution in [3.63, 3.8) is 0 Å². The van der Waals surface area contributed by atoms with E-state index in [1.807, 2.05) is 12.2 Å². The molecule has 4 heteroatoms. The highest BCUT2D eigenvalue weighted by Crippen LogP contribution is 2.06. The lowest BCUT2D eigenvalue weighted by Crippen LogP contribution is -2.24. The normalized spacial score (nSPS) is 15.2. The minimum atomic E-state index is -0.838. The first-order valence-electron chi connectivity index (χ1n) is 9.40. The van der Waals surface area contributed by atoms with E-state index in [2.05, 4.69) is 43.4 Å². The molecule has 0 aromatic heterocycles. The number of hydrogen-bond donors (Lipinski definition) is 3. The fraction of sp³-hybridized carbons (Fsp3) is 0.500. The summed E-state index contributed by atoms with van der Waals surface area (Å²) in [6.45, 7) is 2.12. The number of hydrogen-bond acceptors (Lipinski definition) is 3. The quantitative estimate of drug-likeness (QED) is 0.369. The van der Waals surface area contributed by atoms with Crippen LogP contribution in [0.5, 0.6) is 0 Å². The van der Waals surface area contributed by atoms with Crippen molar-refractivity contribution >= 4 is 5.97 Å². The van der Waals surface area contributed by atoms with Gasteiger partial charge in [0.05, 0.1) is 12.2 Å². The number of aliphatic hydroxyl groups excluding tert-OH is 2. The summed E-state index contributed by atoms with van der Waals surface area (Å²) >= 11 is 0. The van der Waals surface area contributed by atoms with Gasteiger partial charge in [0, 0.05) is 6.42 Å². The number of carboxylic acids is 1. The molecule has 3 N–H and O–H groups in total. The molecule has 0 spiro atoms. The van der Waals surface area contributed by atoms with Crippen LogP contribution >= 0.6 is 0 Å². The molecule has 0 aromatic carbocycles. The van der Waals surface area contributed by atoms with Crippen molar-refractivity contribution in [1.82, 2.24) is 0 Å². The Balaban J connectivity index is 3.77. The van der Waals surface area contributed by atoms with Gasteiger partial charge >= 0.3 is 5.97 Å². The highest BCUT2D eigenvalue weighted by atomic mass is 16.4. The van der Waals surface area contributed by atoms with Crippen molar-refractivity contribution in [3.8, 4) is 0 Å². The molecule has 26 heavy (non-hydrogen) atoms. The lowest BCUT2D eigenvalue weighted by atomic mass is 10.1. The fourth-order valence-electron chi connectivity index (χ4n) is 2.09. The minimum absolute atomic E-state index is 0.0805. The molecule has 0 rings (SSSR count). The second-order valence-electron chi connectivity index (χ2n) is 6.01. The zero-order valence-corrected chi connectivity index (χ0v) is 15.8. The summed E-state index contributed by atoms with van der Waals surface area (Å²) in [5, 5.41) is 28.2. The maximum absolute atomic E-state index is 10.4. The van der Waals surface area contributed by atoms with Gasteiger partial charge in [0.15, 0.2) is 0 Å². The first-order valence-corrected chi connectivity index (χ1v) is 9.40. The molecule has 0 radical (unpaired) electrons. The van der Waals surface area contributed by atoms with Gasteiger partial charge in [-0.15, -0.1) is 0 Å². The minimum Gasteiger partial charge on any atom is -0.481 e. The summed E-state index contributed by atoms with van der Waals surface area (Å²) in [7, 11) is 0. The number of allylic oxidation sites excluding steroid dienone is 8. The fourth-order valence-corrected chi connectivity index (χ4v) is 2.09. The molecular formula is C22H34O4. The smallest absolute Gasteiger partial charge is 0.303 e. The van der Waals surface area contributed by atoms with Crippen LogP contribution in [-0.2, 0) is 4.79 Å². The first-order chi connectivity index (χ1) is 12.6. The molecule has 0 aromatic rings. The van der Waals surface area contributed by atoms with Gasteiger partial charge in [-0.2, -0.15) is 0 Å². The summed E-state index contributed by atoms with van der Waals surface area (Å²) in [6.07, 6.45) is 23.5. The van der Waals surface area contributed by atoms with Gasteiger partial charge in [0.2, 0.25) is 0 Å². The van der Waals surface area contributed by atoms with E-state index in [1.54, 1.807) is 12.2 Å². The maximum Gasteiger partial charge on any atom is 0.303 e. The van der Waals surface area contributed by atoms with E-state index in [0.29, 0.717) is 19.3 Å². The molecule has 0 fully saturated rings. The van der Waals surface area contributed by atoms with Gasteiger partial charge in [-0.05, 0) is 44.9 Å². The SMILES string of the molecule is CC/C=C\C/C=C\C/C=C\C/C=C\C[C@H](O)[C@H](O)C/C=C\CCC(=O)O. The van der Waals surface area contributed by atoms with E-state index < -0.39 is 18.2 Å². The van der Waals surface area contributed by atoms with Crippen molar-refractivity contribution in [1.29, 1.82) is 0 Å². The second kappa shape index (κ2) is 17.9. The van der Waals surface area contributed by atoms with Gasteiger partial charge in [-0.3, -0.25) is 4.79 Å². The van der Waals surface area contributed by atoms with E-state index in [9.17, 15) is 15.0 Å². The Morgan fingerprint density at radius 1 is 0.731 bits per heavy atom. The molecule has 0 heterocycles. The summed E-state index contributed by atoms with van der Waals surface area (Å²) in [6, 6.07) is 0. The van der Waals surface area contributed by atoms with E-state index >= 15 is 0 Å². The average molecular weight is 363 g/mol. The topological polar surface area (TPSA) is 77.8 Å². The molecule has 0 unspecified atom stereocenters. The molecule has 0 bridgehead atoms. The highest BCUT2D eigenvalue weighted by Gasteiger charge is 2.12. The van der Waals surface area contributed by atoms with Crippen LogP contribution < -0.4 is 0 Å². The zero-order valence-electron chi connectivity index (χ0n) is 15.8. The van der Waals surface area contributed by atoms with E-state index in [4.69, 9.17) is 5.11 Å². The van der Waals surface area contributed by atoms with Gasteiger partial charge in [-0.1, -0.05) is 67.7 Å².